The van der Waals surface area contributed by atoms with E-state index in [1.807, 2.05) is 18.2 Å². The predicted octanol–water partition coefficient (Wildman–Crippen LogP) is 2.52. The van der Waals surface area contributed by atoms with E-state index in [-0.39, 0.29) is 6.04 Å². The molecule has 72 valence electrons. The molecule has 2 N–H and O–H groups in total. The summed E-state index contributed by atoms with van der Waals surface area (Å²) in [6.07, 6.45) is 3.68. The van der Waals surface area contributed by atoms with Crippen LogP contribution in [0.25, 0.3) is 0 Å². The van der Waals surface area contributed by atoms with Crippen molar-refractivity contribution < 1.29 is 0 Å². The van der Waals surface area contributed by atoms with Gasteiger partial charge in [0.05, 0.1) is 11.6 Å². The molecule has 2 nitrogen and oxygen atoms in total. The Balaban J connectivity index is 2.67. The van der Waals surface area contributed by atoms with Crippen LogP contribution in [0, 0.1) is 11.3 Å². The molecule has 2 heteroatoms. The van der Waals surface area contributed by atoms with Gasteiger partial charge in [0.15, 0.2) is 0 Å². The van der Waals surface area contributed by atoms with Crippen LogP contribution in [0.2, 0.25) is 0 Å². The average molecular weight is 186 g/mol. The van der Waals surface area contributed by atoms with Gasteiger partial charge in [0.1, 0.15) is 0 Å². The molecule has 1 atom stereocenters. The van der Waals surface area contributed by atoms with Crippen LogP contribution < -0.4 is 5.73 Å². The van der Waals surface area contributed by atoms with E-state index in [0.717, 1.165) is 18.4 Å². The van der Waals surface area contributed by atoms with Gasteiger partial charge in [-0.15, -0.1) is 6.58 Å². The summed E-state index contributed by atoms with van der Waals surface area (Å²) < 4.78 is 0. The molecule has 0 aromatic heterocycles. The zero-order chi connectivity index (χ0) is 10.4. The molecule has 0 spiro atoms. The fourth-order valence-corrected chi connectivity index (χ4v) is 1.27. The van der Waals surface area contributed by atoms with Gasteiger partial charge < -0.3 is 5.73 Å². The number of benzene rings is 1. The maximum absolute atomic E-state index is 8.61. The summed E-state index contributed by atoms with van der Waals surface area (Å²) in [6, 6.07) is 9.53. The minimum Gasteiger partial charge on any atom is -0.324 e. The molecular weight excluding hydrogens is 172 g/mol. The van der Waals surface area contributed by atoms with Crippen LogP contribution in [0.1, 0.15) is 30.0 Å². The van der Waals surface area contributed by atoms with Crippen molar-refractivity contribution in [3.8, 4) is 6.07 Å². The molecule has 0 saturated carbocycles. The highest BCUT2D eigenvalue weighted by molar-refractivity contribution is 5.32. The van der Waals surface area contributed by atoms with Crippen molar-refractivity contribution in [3.63, 3.8) is 0 Å². The second-order valence-electron chi connectivity index (χ2n) is 3.21. The minimum atomic E-state index is 0.0424. The first kappa shape index (κ1) is 10.5. The summed E-state index contributed by atoms with van der Waals surface area (Å²) in [7, 11) is 0. The summed E-state index contributed by atoms with van der Waals surface area (Å²) in [4.78, 5) is 0. The van der Waals surface area contributed by atoms with Crippen LogP contribution in [0.4, 0.5) is 0 Å². The number of hydrogen-bond donors (Lipinski definition) is 1. The van der Waals surface area contributed by atoms with Crippen LogP contribution in [-0.4, -0.2) is 0 Å². The van der Waals surface area contributed by atoms with Crippen LogP contribution in [0.5, 0.6) is 0 Å². The van der Waals surface area contributed by atoms with Crippen molar-refractivity contribution in [2.24, 2.45) is 5.73 Å². The first-order chi connectivity index (χ1) is 6.77. The number of allylic oxidation sites excluding steroid dienone is 1. The largest absolute Gasteiger partial charge is 0.324 e. The third kappa shape index (κ3) is 2.72. The zero-order valence-electron chi connectivity index (χ0n) is 8.11. The Morgan fingerprint density at radius 2 is 2.07 bits per heavy atom. The van der Waals surface area contributed by atoms with Crippen molar-refractivity contribution in [2.45, 2.75) is 18.9 Å². The van der Waals surface area contributed by atoms with Gasteiger partial charge in [-0.05, 0) is 30.5 Å². The van der Waals surface area contributed by atoms with E-state index in [1.165, 1.54) is 0 Å². The Morgan fingerprint density at radius 1 is 1.43 bits per heavy atom. The number of hydrogen-bond acceptors (Lipinski definition) is 2. The third-order valence-corrected chi connectivity index (χ3v) is 2.15. The fraction of sp³-hybridized carbons (Fsp3) is 0.250. The van der Waals surface area contributed by atoms with Gasteiger partial charge in [-0.2, -0.15) is 5.26 Å². The molecule has 1 aromatic rings. The Hall–Kier alpha value is -1.59. The highest BCUT2D eigenvalue weighted by Gasteiger charge is 2.03. The monoisotopic (exact) mass is 186 g/mol. The molecule has 14 heavy (non-hydrogen) atoms. The van der Waals surface area contributed by atoms with E-state index < -0.39 is 0 Å². The lowest BCUT2D eigenvalue weighted by Crippen LogP contribution is -2.09. The first-order valence-electron chi connectivity index (χ1n) is 4.64. The van der Waals surface area contributed by atoms with Crippen molar-refractivity contribution in [1.29, 1.82) is 5.26 Å². The lowest BCUT2D eigenvalue weighted by atomic mass is 10.0. The van der Waals surface area contributed by atoms with Crippen molar-refractivity contribution >= 4 is 0 Å². The molecular formula is C12H14N2. The predicted molar refractivity (Wildman–Crippen MR) is 57.5 cm³/mol. The molecule has 0 bridgehead atoms. The van der Waals surface area contributed by atoms with Crippen molar-refractivity contribution in [2.75, 3.05) is 0 Å². The van der Waals surface area contributed by atoms with Gasteiger partial charge >= 0.3 is 0 Å². The van der Waals surface area contributed by atoms with Crippen LogP contribution >= 0.6 is 0 Å². The molecule has 0 unspecified atom stereocenters. The van der Waals surface area contributed by atoms with E-state index in [0.29, 0.717) is 5.56 Å². The maximum Gasteiger partial charge on any atom is 0.0991 e. The number of nitrogens with two attached hydrogens (primary N) is 1. The first-order valence-corrected chi connectivity index (χ1v) is 4.64. The standard InChI is InChI=1S/C12H14N2/c1-2-3-4-12(14)11-7-5-10(9-13)6-8-11/h2,5-8,12H,1,3-4,14H2/t12-/m0/s1. The Morgan fingerprint density at radius 3 is 2.57 bits per heavy atom. The number of nitrogens with zero attached hydrogens (tertiary/aromatic N) is 1. The van der Waals surface area contributed by atoms with Gasteiger partial charge in [0.25, 0.3) is 0 Å². The molecule has 0 radical (unpaired) electrons. The molecule has 0 amide bonds. The van der Waals surface area contributed by atoms with E-state index in [9.17, 15) is 0 Å². The SMILES string of the molecule is C=CCC[C@H](N)c1ccc(C#N)cc1. The quantitative estimate of drug-likeness (QED) is 0.734. The van der Waals surface area contributed by atoms with Gasteiger partial charge in [-0.1, -0.05) is 18.2 Å². The Bertz CT molecular complexity index is 332. The van der Waals surface area contributed by atoms with Crippen molar-refractivity contribution in [1.82, 2.24) is 0 Å². The number of nitriles is 1. The molecule has 0 aliphatic carbocycles. The Labute approximate surface area is 84.7 Å². The highest BCUT2D eigenvalue weighted by Crippen LogP contribution is 2.16. The van der Waals surface area contributed by atoms with Gasteiger partial charge in [0, 0.05) is 6.04 Å². The lowest BCUT2D eigenvalue weighted by Gasteiger charge is -2.10. The average Bonchev–Trinajstić information content (AvgIpc) is 2.26. The summed E-state index contributed by atoms with van der Waals surface area (Å²) in [5.74, 6) is 0. The van der Waals surface area contributed by atoms with E-state index in [2.05, 4.69) is 12.6 Å². The number of rotatable bonds is 4. The maximum atomic E-state index is 8.61. The van der Waals surface area contributed by atoms with Gasteiger partial charge in [-0.3, -0.25) is 0 Å². The van der Waals surface area contributed by atoms with Crippen molar-refractivity contribution in [3.05, 3.63) is 48.0 Å². The summed E-state index contributed by atoms with van der Waals surface area (Å²) >= 11 is 0. The lowest BCUT2D eigenvalue weighted by molar-refractivity contribution is 0.661. The second-order valence-corrected chi connectivity index (χ2v) is 3.21. The minimum absolute atomic E-state index is 0.0424. The smallest absolute Gasteiger partial charge is 0.0991 e. The molecule has 0 saturated heterocycles. The molecule has 0 aliphatic rings. The molecule has 0 fully saturated rings. The van der Waals surface area contributed by atoms with Gasteiger partial charge in [-0.25, -0.2) is 0 Å². The Kier molecular flexibility index (Phi) is 3.90. The zero-order valence-corrected chi connectivity index (χ0v) is 8.11. The van der Waals surface area contributed by atoms with E-state index in [1.54, 1.807) is 12.1 Å². The third-order valence-electron chi connectivity index (χ3n) is 2.15. The van der Waals surface area contributed by atoms with E-state index >= 15 is 0 Å². The summed E-state index contributed by atoms with van der Waals surface area (Å²) in [5.41, 5.74) is 7.69. The molecule has 1 aromatic carbocycles. The van der Waals surface area contributed by atoms with Crippen LogP contribution in [0.3, 0.4) is 0 Å². The summed E-state index contributed by atoms with van der Waals surface area (Å²) in [5, 5.41) is 8.61. The van der Waals surface area contributed by atoms with Crippen LogP contribution in [0.15, 0.2) is 36.9 Å². The fourth-order valence-electron chi connectivity index (χ4n) is 1.27. The normalized spacial score (nSPS) is 11.7. The second kappa shape index (κ2) is 5.21. The van der Waals surface area contributed by atoms with Gasteiger partial charge in [0.2, 0.25) is 0 Å². The molecule has 0 heterocycles. The highest BCUT2D eigenvalue weighted by atomic mass is 14.6. The summed E-state index contributed by atoms with van der Waals surface area (Å²) in [6.45, 7) is 3.66. The van der Waals surface area contributed by atoms with E-state index in [4.69, 9.17) is 11.0 Å². The van der Waals surface area contributed by atoms with Crippen LogP contribution in [-0.2, 0) is 0 Å². The molecule has 0 aliphatic heterocycles. The molecule has 1 rings (SSSR count). The topological polar surface area (TPSA) is 49.8 Å².